The third-order valence-electron chi connectivity index (χ3n) is 0.885. The van der Waals surface area contributed by atoms with E-state index in [1.807, 2.05) is 6.92 Å². The first-order valence-corrected chi connectivity index (χ1v) is 3.36. The number of carbonyl (C=O) groups excluding carboxylic acids is 1. The largest absolute Gasteiger partial charge is 0.393 e. The average molecular weight is 140 g/mol. The SMILES string of the molecule is CCC#CC(=O)C[C@H](C)O. The second kappa shape index (κ2) is 5.01. The van der Waals surface area contributed by atoms with Crippen molar-refractivity contribution >= 4 is 5.78 Å². The van der Waals surface area contributed by atoms with Gasteiger partial charge in [-0.2, -0.15) is 0 Å². The lowest BCUT2D eigenvalue weighted by molar-refractivity contribution is -0.115. The van der Waals surface area contributed by atoms with Crippen LogP contribution in [-0.2, 0) is 4.79 Å². The molecule has 0 amide bonds. The fourth-order valence-corrected chi connectivity index (χ4v) is 0.506. The Bertz CT molecular complexity index is 160. The van der Waals surface area contributed by atoms with Gasteiger partial charge >= 0.3 is 0 Å². The summed E-state index contributed by atoms with van der Waals surface area (Å²) < 4.78 is 0. The highest BCUT2D eigenvalue weighted by molar-refractivity contribution is 5.95. The molecule has 0 saturated carbocycles. The van der Waals surface area contributed by atoms with Crippen molar-refractivity contribution in [3.63, 3.8) is 0 Å². The first kappa shape index (κ1) is 9.19. The molecule has 0 unspecified atom stereocenters. The molecule has 2 heteroatoms. The highest BCUT2D eigenvalue weighted by Gasteiger charge is 2.00. The predicted octanol–water partition coefficient (Wildman–Crippen LogP) is 0.740. The maximum Gasteiger partial charge on any atom is 0.208 e. The molecule has 0 spiro atoms. The first-order valence-electron chi connectivity index (χ1n) is 3.36. The second-order valence-corrected chi connectivity index (χ2v) is 2.13. The molecular weight excluding hydrogens is 128 g/mol. The molecule has 1 N–H and O–H groups in total. The highest BCUT2D eigenvalue weighted by Crippen LogP contribution is 1.89. The molecule has 1 atom stereocenters. The molecule has 0 fully saturated rings. The van der Waals surface area contributed by atoms with Gasteiger partial charge in [0.25, 0.3) is 0 Å². The quantitative estimate of drug-likeness (QED) is 0.453. The number of rotatable bonds is 2. The van der Waals surface area contributed by atoms with Crippen LogP contribution in [0.4, 0.5) is 0 Å². The van der Waals surface area contributed by atoms with E-state index in [1.165, 1.54) is 0 Å². The molecule has 10 heavy (non-hydrogen) atoms. The molecule has 0 heterocycles. The van der Waals surface area contributed by atoms with Crippen LogP contribution in [-0.4, -0.2) is 17.0 Å². The van der Waals surface area contributed by atoms with Gasteiger partial charge in [0.05, 0.1) is 6.10 Å². The van der Waals surface area contributed by atoms with Gasteiger partial charge < -0.3 is 5.11 Å². The lowest BCUT2D eigenvalue weighted by atomic mass is 10.2. The molecule has 0 aliphatic heterocycles. The number of Topliss-reactive ketones (excluding diaryl/α,β-unsaturated/α-hetero) is 1. The molecule has 0 aromatic carbocycles. The van der Waals surface area contributed by atoms with Gasteiger partial charge in [-0.05, 0) is 12.8 Å². The predicted molar refractivity (Wildman–Crippen MR) is 39.4 cm³/mol. The maximum atomic E-state index is 10.7. The summed E-state index contributed by atoms with van der Waals surface area (Å²) in [6.45, 7) is 3.45. The van der Waals surface area contributed by atoms with Crippen molar-refractivity contribution in [3.05, 3.63) is 0 Å². The minimum atomic E-state index is -0.571. The van der Waals surface area contributed by atoms with E-state index in [0.717, 1.165) is 0 Å². The highest BCUT2D eigenvalue weighted by atomic mass is 16.3. The normalized spacial score (nSPS) is 11.5. The summed E-state index contributed by atoms with van der Waals surface area (Å²) in [5, 5.41) is 8.73. The third-order valence-corrected chi connectivity index (χ3v) is 0.885. The van der Waals surface area contributed by atoms with Crippen molar-refractivity contribution in [2.24, 2.45) is 0 Å². The molecule has 0 bridgehead atoms. The van der Waals surface area contributed by atoms with Crippen molar-refractivity contribution in [2.75, 3.05) is 0 Å². The van der Waals surface area contributed by atoms with E-state index in [9.17, 15) is 4.79 Å². The van der Waals surface area contributed by atoms with Crippen LogP contribution in [0.3, 0.4) is 0 Å². The van der Waals surface area contributed by atoms with E-state index >= 15 is 0 Å². The van der Waals surface area contributed by atoms with E-state index < -0.39 is 6.10 Å². The topological polar surface area (TPSA) is 37.3 Å². The maximum absolute atomic E-state index is 10.7. The Morgan fingerprint density at radius 1 is 1.70 bits per heavy atom. The van der Waals surface area contributed by atoms with Crippen LogP contribution in [0.2, 0.25) is 0 Å². The van der Waals surface area contributed by atoms with Crippen molar-refractivity contribution in [1.29, 1.82) is 0 Å². The summed E-state index contributed by atoms with van der Waals surface area (Å²) in [7, 11) is 0. The van der Waals surface area contributed by atoms with E-state index in [2.05, 4.69) is 11.8 Å². The Morgan fingerprint density at radius 3 is 2.70 bits per heavy atom. The van der Waals surface area contributed by atoms with Crippen LogP contribution < -0.4 is 0 Å². The molecule has 56 valence electrons. The molecule has 0 radical (unpaired) electrons. The lowest BCUT2D eigenvalue weighted by Crippen LogP contribution is -2.06. The lowest BCUT2D eigenvalue weighted by Gasteiger charge is -1.95. The summed E-state index contributed by atoms with van der Waals surface area (Å²) in [4.78, 5) is 10.7. The molecule has 0 aliphatic carbocycles. The van der Waals surface area contributed by atoms with Crippen molar-refractivity contribution in [1.82, 2.24) is 0 Å². The summed E-state index contributed by atoms with van der Waals surface area (Å²) in [6, 6.07) is 0. The van der Waals surface area contributed by atoms with Crippen LogP contribution in [0.1, 0.15) is 26.7 Å². The van der Waals surface area contributed by atoms with Crippen molar-refractivity contribution in [3.8, 4) is 11.8 Å². The van der Waals surface area contributed by atoms with Gasteiger partial charge in [0, 0.05) is 12.8 Å². The van der Waals surface area contributed by atoms with Crippen LogP contribution in [0, 0.1) is 11.8 Å². The van der Waals surface area contributed by atoms with Gasteiger partial charge in [0.2, 0.25) is 5.78 Å². The standard InChI is InChI=1S/C8H12O2/c1-3-4-5-8(10)6-7(2)9/h7,9H,3,6H2,1-2H3/t7-/m0/s1. The summed E-state index contributed by atoms with van der Waals surface area (Å²) in [6.07, 6.45) is 0.261. The minimum Gasteiger partial charge on any atom is -0.393 e. The van der Waals surface area contributed by atoms with Gasteiger partial charge in [-0.3, -0.25) is 4.79 Å². The van der Waals surface area contributed by atoms with Gasteiger partial charge in [-0.15, -0.1) is 0 Å². The van der Waals surface area contributed by atoms with E-state index in [0.29, 0.717) is 6.42 Å². The molecule has 0 aliphatic rings. The fourth-order valence-electron chi connectivity index (χ4n) is 0.506. The summed E-state index contributed by atoms with van der Waals surface area (Å²) in [5.74, 6) is 4.87. The number of hydrogen-bond acceptors (Lipinski definition) is 2. The molecule has 0 aromatic rings. The number of carbonyl (C=O) groups is 1. The Balaban J connectivity index is 3.64. The van der Waals surface area contributed by atoms with Gasteiger partial charge in [0.1, 0.15) is 0 Å². The molecule has 0 rings (SSSR count). The minimum absolute atomic E-state index is 0.146. The van der Waals surface area contributed by atoms with E-state index in [1.54, 1.807) is 6.92 Å². The molecule has 0 saturated heterocycles. The zero-order valence-corrected chi connectivity index (χ0v) is 6.35. The number of aliphatic hydroxyl groups is 1. The third kappa shape index (κ3) is 5.33. The number of ketones is 1. The number of hydrogen-bond donors (Lipinski definition) is 1. The monoisotopic (exact) mass is 140 g/mol. The van der Waals surface area contributed by atoms with Crippen LogP contribution in [0.15, 0.2) is 0 Å². The second-order valence-electron chi connectivity index (χ2n) is 2.13. The van der Waals surface area contributed by atoms with Gasteiger partial charge in [-0.1, -0.05) is 12.8 Å². The Morgan fingerprint density at radius 2 is 2.30 bits per heavy atom. The number of aliphatic hydroxyl groups excluding tert-OH is 1. The Hall–Kier alpha value is -0.810. The van der Waals surface area contributed by atoms with E-state index in [4.69, 9.17) is 5.11 Å². The summed E-state index contributed by atoms with van der Waals surface area (Å²) in [5.41, 5.74) is 0. The molecular formula is C8H12O2. The average Bonchev–Trinajstić information content (AvgIpc) is 1.82. The van der Waals surface area contributed by atoms with Crippen molar-refractivity contribution in [2.45, 2.75) is 32.8 Å². The Labute approximate surface area is 61.2 Å². The smallest absolute Gasteiger partial charge is 0.208 e. The Kier molecular flexibility index (Phi) is 4.61. The zero-order chi connectivity index (χ0) is 7.98. The van der Waals surface area contributed by atoms with Crippen molar-refractivity contribution < 1.29 is 9.90 Å². The zero-order valence-electron chi connectivity index (χ0n) is 6.35. The van der Waals surface area contributed by atoms with Crippen LogP contribution in [0.5, 0.6) is 0 Å². The van der Waals surface area contributed by atoms with Crippen LogP contribution in [0.25, 0.3) is 0 Å². The fraction of sp³-hybridized carbons (Fsp3) is 0.625. The van der Waals surface area contributed by atoms with Gasteiger partial charge in [0.15, 0.2) is 0 Å². The molecule has 0 aromatic heterocycles. The first-order chi connectivity index (χ1) is 4.66. The van der Waals surface area contributed by atoms with Crippen LogP contribution >= 0.6 is 0 Å². The van der Waals surface area contributed by atoms with Gasteiger partial charge in [-0.25, -0.2) is 0 Å². The molecule has 2 nitrogen and oxygen atoms in total. The summed E-state index contributed by atoms with van der Waals surface area (Å²) >= 11 is 0. The van der Waals surface area contributed by atoms with E-state index in [-0.39, 0.29) is 12.2 Å².